The van der Waals surface area contributed by atoms with Crippen LogP contribution in [-0.2, 0) is 4.79 Å². The van der Waals surface area contributed by atoms with Gasteiger partial charge < -0.3 is 10.4 Å². The van der Waals surface area contributed by atoms with E-state index in [1.54, 1.807) is 25.1 Å². The minimum atomic E-state index is -0.948. The lowest BCUT2D eigenvalue weighted by molar-refractivity contribution is -0.136. The highest BCUT2D eigenvalue weighted by molar-refractivity contribution is 6.34. The maximum Gasteiger partial charge on any atom is 0.305 e. The van der Waals surface area contributed by atoms with E-state index in [0.29, 0.717) is 10.6 Å². The van der Waals surface area contributed by atoms with Crippen molar-refractivity contribution in [1.82, 2.24) is 5.32 Å². The summed E-state index contributed by atoms with van der Waals surface area (Å²) in [7, 11) is 0. The first-order valence-electron chi connectivity index (χ1n) is 4.77. The number of amides is 1. The summed E-state index contributed by atoms with van der Waals surface area (Å²) in [6.07, 6.45) is -0.102. The molecule has 1 amide bonds. The van der Waals surface area contributed by atoms with E-state index in [1.165, 1.54) is 0 Å². The zero-order valence-corrected chi connectivity index (χ0v) is 9.54. The van der Waals surface area contributed by atoms with Crippen LogP contribution in [0.3, 0.4) is 0 Å². The van der Waals surface area contributed by atoms with Crippen molar-refractivity contribution in [3.05, 3.63) is 34.3 Å². The molecule has 0 spiro atoms. The first kappa shape index (κ1) is 12.5. The Hall–Kier alpha value is -1.55. The fourth-order valence-electron chi connectivity index (χ4n) is 1.20. The summed E-state index contributed by atoms with van der Waals surface area (Å²) in [5.74, 6) is -1.30. The predicted molar refractivity (Wildman–Crippen MR) is 60.8 cm³/mol. The van der Waals surface area contributed by atoms with Crippen molar-refractivity contribution in [3.63, 3.8) is 0 Å². The molecule has 0 aromatic heterocycles. The van der Waals surface area contributed by atoms with E-state index in [0.717, 1.165) is 5.56 Å². The zero-order chi connectivity index (χ0) is 12.1. The average molecular weight is 242 g/mol. The number of rotatable bonds is 4. The second-order valence-corrected chi connectivity index (χ2v) is 3.71. The van der Waals surface area contributed by atoms with Gasteiger partial charge in [0.15, 0.2) is 0 Å². The monoisotopic (exact) mass is 241 g/mol. The molecule has 0 aliphatic carbocycles. The minimum Gasteiger partial charge on any atom is -0.481 e. The third kappa shape index (κ3) is 3.24. The molecule has 0 heterocycles. The third-order valence-corrected chi connectivity index (χ3v) is 2.56. The molecule has 0 atom stereocenters. The maximum atomic E-state index is 11.6. The molecule has 16 heavy (non-hydrogen) atoms. The van der Waals surface area contributed by atoms with Crippen LogP contribution in [0.1, 0.15) is 22.3 Å². The molecule has 0 saturated carbocycles. The van der Waals surface area contributed by atoms with Gasteiger partial charge in [-0.15, -0.1) is 0 Å². The second-order valence-electron chi connectivity index (χ2n) is 3.34. The van der Waals surface area contributed by atoms with Crippen LogP contribution in [0.2, 0.25) is 5.02 Å². The van der Waals surface area contributed by atoms with Crippen LogP contribution in [-0.4, -0.2) is 23.5 Å². The molecule has 0 aliphatic rings. The minimum absolute atomic E-state index is 0.0957. The van der Waals surface area contributed by atoms with Crippen molar-refractivity contribution in [2.75, 3.05) is 6.54 Å². The molecular weight excluding hydrogens is 230 g/mol. The van der Waals surface area contributed by atoms with Gasteiger partial charge in [-0.3, -0.25) is 9.59 Å². The van der Waals surface area contributed by atoms with Crippen LogP contribution in [0.5, 0.6) is 0 Å². The van der Waals surface area contributed by atoms with Gasteiger partial charge in [0, 0.05) is 6.54 Å². The van der Waals surface area contributed by atoms with E-state index in [-0.39, 0.29) is 18.9 Å². The highest BCUT2D eigenvalue weighted by atomic mass is 35.5. The van der Waals surface area contributed by atoms with Gasteiger partial charge in [0.1, 0.15) is 0 Å². The number of halogens is 1. The van der Waals surface area contributed by atoms with E-state index in [1.807, 2.05) is 0 Å². The van der Waals surface area contributed by atoms with Gasteiger partial charge >= 0.3 is 5.97 Å². The largest absolute Gasteiger partial charge is 0.481 e. The normalized spacial score (nSPS) is 9.88. The van der Waals surface area contributed by atoms with Crippen LogP contribution in [0.4, 0.5) is 0 Å². The molecule has 1 aromatic rings. The zero-order valence-electron chi connectivity index (χ0n) is 8.79. The molecule has 0 saturated heterocycles. The number of hydrogen-bond donors (Lipinski definition) is 2. The number of carboxylic acids is 1. The first-order chi connectivity index (χ1) is 7.52. The summed E-state index contributed by atoms with van der Waals surface area (Å²) in [4.78, 5) is 21.9. The van der Waals surface area contributed by atoms with Crippen LogP contribution in [0.15, 0.2) is 18.2 Å². The van der Waals surface area contributed by atoms with Gasteiger partial charge in [0.05, 0.1) is 17.0 Å². The van der Waals surface area contributed by atoms with E-state index >= 15 is 0 Å². The number of carbonyl (C=O) groups excluding carboxylic acids is 1. The Morgan fingerprint density at radius 3 is 2.75 bits per heavy atom. The van der Waals surface area contributed by atoms with Gasteiger partial charge in [-0.1, -0.05) is 23.7 Å². The van der Waals surface area contributed by atoms with E-state index in [9.17, 15) is 9.59 Å². The average Bonchev–Trinajstić information content (AvgIpc) is 2.21. The first-order valence-corrected chi connectivity index (χ1v) is 5.15. The van der Waals surface area contributed by atoms with Crippen molar-refractivity contribution in [1.29, 1.82) is 0 Å². The van der Waals surface area contributed by atoms with Gasteiger partial charge in [0.2, 0.25) is 0 Å². The van der Waals surface area contributed by atoms with Gasteiger partial charge in [-0.05, 0) is 18.6 Å². The highest BCUT2D eigenvalue weighted by Gasteiger charge is 2.11. The third-order valence-electron chi connectivity index (χ3n) is 2.06. The fraction of sp³-hybridized carbons (Fsp3) is 0.273. The Bertz CT molecular complexity index is 418. The topological polar surface area (TPSA) is 66.4 Å². The smallest absolute Gasteiger partial charge is 0.305 e. The SMILES string of the molecule is Cc1cccc(C(=O)NCCC(=O)O)c1Cl. The van der Waals surface area contributed by atoms with E-state index in [2.05, 4.69) is 5.32 Å². The number of hydrogen-bond acceptors (Lipinski definition) is 2. The molecule has 0 aliphatic heterocycles. The predicted octanol–water partition coefficient (Wildman–Crippen LogP) is 1.85. The van der Waals surface area contributed by atoms with E-state index < -0.39 is 5.97 Å². The van der Waals surface area contributed by atoms with Crippen LogP contribution < -0.4 is 5.32 Å². The Morgan fingerprint density at radius 1 is 1.44 bits per heavy atom. The molecule has 5 heteroatoms. The molecule has 86 valence electrons. The summed E-state index contributed by atoms with van der Waals surface area (Å²) in [5.41, 5.74) is 1.18. The van der Waals surface area contributed by atoms with E-state index in [4.69, 9.17) is 16.7 Å². The standard InChI is InChI=1S/C11H12ClNO3/c1-7-3-2-4-8(10(7)12)11(16)13-6-5-9(14)15/h2-4H,5-6H2,1H3,(H,13,16)(H,14,15). The Morgan fingerprint density at radius 2 is 2.12 bits per heavy atom. The molecule has 0 radical (unpaired) electrons. The van der Waals surface area contributed by atoms with Gasteiger partial charge in [-0.2, -0.15) is 0 Å². The van der Waals surface area contributed by atoms with Crippen LogP contribution in [0.25, 0.3) is 0 Å². The van der Waals surface area contributed by atoms with Crippen molar-refractivity contribution in [2.45, 2.75) is 13.3 Å². The number of carboxylic acid groups (broad SMARTS) is 1. The number of carbonyl (C=O) groups is 2. The number of nitrogens with one attached hydrogen (secondary N) is 1. The number of aliphatic carboxylic acids is 1. The second kappa shape index (κ2) is 5.51. The lowest BCUT2D eigenvalue weighted by atomic mass is 10.1. The molecule has 0 unspecified atom stereocenters. The summed E-state index contributed by atoms with van der Waals surface area (Å²) < 4.78 is 0. The summed E-state index contributed by atoms with van der Waals surface area (Å²) in [6, 6.07) is 5.13. The quantitative estimate of drug-likeness (QED) is 0.846. The highest BCUT2D eigenvalue weighted by Crippen LogP contribution is 2.19. The Kier molecular flexibility index (Phi) is 4.31. The van der Waals surface area contributed by atoms with Gasteiger partial charge in [-0.25, -0.2) is 0 Å². The molecular formula is C11H12ClNO3. The molecule has 0 fully saturated rings. The lowest BCUT2D eigenvalue weighted by Crippen LogP contribution is -2.26. The maximum absolute atomic E-state index is 11.6. The summed E-state index contributed by atoms with van der Waals surface area (Å²) in [6.45, 7) is 1.90. The Balaban J connectivity index is 2.66. The van der Waals surface area contributed by atoms with Crippen molar-refractivity contribution in [3.8, 4) is 0 Å². The number of benzene rings is 1. The van der Waals surface area contributed by atoms with Crippen molar-refractivity contribution in [2.24, 2.45) is 0 Å². The van der Waals surface area contributed by atoms with Gasteiger partial charge in [0.25, 0.3) is 5.91 Å². The lowest BCUT2D eigenvalue weighted by Gasteiger charge is -2.06. The molecule has 1 aromatic carbocycles. The Labute approximate surface area is 98.2 Å². The molecule has 2 N–H and O–H groups in total. The fourth-order valence-corrected chi connectivity index (χ4v) is 1.41. The summed E-state index contributed by atoms with van der Waals surface area (Å²) >= 11 is 5.95. The number of aryl methyl sites for hydroxylation is 1. The molecule has 0 bridgehead atoms. The summed E-state index contributed by atoms with van der Waals surface area (Å²) in [5, 5.41) is 11.3. The molecule has 4 nitrogen and oxygen atoms in total. The van der Waals surface area contributed by atoms with Crippen molar-refractivity contribution < 1.29 is 14.7 Å². The van der Waals surface area contributed by atoms with Crippen LogP contribution >= 0.6 is 11.6 Å². The van der Waals surface area contributed by atoms with Crippen molar-refractivity contribution >= 4 is 23.5 Å². The molecule has 1 rings (SSSR count). The van der Waals surface area contributed by atoms with Crippen LogP contribution in [0, 0.1) is 6.92 Å².